The third kappa shape index (κ3) is 2.89. The van der Waals surface area contributed by atoms with Crippen LogP contribution in [0, 0.1) is 0 Å². The smallest absolute Gasteiger partial charge is 0.196 e. The van der Waals surface area contributed by atoms with Crippen LogP contribution in [0.2, 0.25) is 0 Å². The third-order valence-electron chi connectivity index (χ3n) is 4.70. The van der Waals surface area contributed by atoms with Gasteiger partial charge in [-0.2, -0.15) is 0 Å². The molecule has 0 saturated carbocycles. The molecule has 134 valence electrons. The van der Waals surface area contributed by atoms with Crippen molar-refractivity contribution in [1.29, 1.82) is 0 Å². The van der Waals surface area contributed by atoms with Crippen molar-refractivity contribution < 1.29 is 5.11 Å². The van der Waals surface area contributed by atoms with Gasteiger partial charge in [0.15, 0.2) is 5.88 Å². The maximum atomic E-state index is 10.3. The second kappa shape index (κ2) is 6.63. The Hall–Kier alpha value is -3.99. The van der Waals surface area contributed by atoms with Crippen molar-refractivity contribution in [2.45, 2.75) is 0 Å². The molecule has 5 nitrogen and oxygen atoms in total. The molecule has 0 atom stereocenters. The van der Waals surface area contributed by atoms with E-state index in [1.54, 1.807) is 6.20 Å². The van der Waals surface area contributed by atoms with Crippen molar-refractivity contribution in [3.8, 4) is 5.88 Å². The first kappa shape index (κ1) is 16.2. The largest absolute Gasteiger partial charge is 0.494 e. The molecule has 0 fully saturated rings. The number of nitrogens with one attached hydrogen (secondary N) is 1. The number of benzene rings is 2. The molecule has 0 saturated heterocycles. The van der Waals surface area contributed by atoms with E-state index in [1.807, 2.05) is 78.9 Å². The normalized spacial score (nSPS) is 13.7. The van der Waals surface area contributed by atoms with Crippen LogP contribution in [-0.4, -0.2) is 15.1 Å². The Kier molecular flexibility index (Phi) is 3.84. The highest BCUT2D eigenvalue weighted by molar-refractivity contribution is 5.91. The Morgan fingerprint density at radius 3 is 2.68 bits per heavy atom. The summed E-state index contributed by atoms with van der Waals surface area (Å²) in [5, 5.41) is 21.7. The van der Waals surface area contributed by atoms with Gasteiger partial charge in [-0.05, 0) is 53.8 Å². The van der Waals surface area contributed by atoms with Gasteiger partial charge in [0.25, 0.3) is 0 Å². The van der Waals surface area contributed by atoms with Crippen molar-refractivity contribution >= 4 is 34.4 Å². The Balaban J connectivity index is 1.56. The van der Waals surface area contributed by atoms with Crippen LogP contribution in [-0.2, 0) is 0 Å². The fourth-order valence-corrected chi connectivity index (χ4v) is 3.32. The lowest BCUT2D eigenvalue weighted by molar-refractivity contribution is 0.457. The zero-order valence-corrected chi connectivity index (χ0v) is 14.9. The predicted octanol–water partition coefficient (Wildman–Crippen LogP) is 4.02. The summed E-state index contributed by atoms with van der Waals surface area (Å²) in [5.41, 5.74) is 4.17. The van der Waals surface area contributed by atoms with Crippen molar-refractivity contribution in [1.82, 2.24) is 9.97 Å². The molecule has 5 heteroatoms. The van der Waals surface area contributed by atoms with Crippen molar-refractivity contribution in [2.24, 2.45) is 10.2 Å². The summed E-state index contributed by atoms with van der Waals surface area (Å²) < 4.78 is 0. The molecule has 1 aliphatic heterocycles. The van der Waals surface area contributed by atoms with Gasteiger partial charge in [0.05, 0.1) is 17.1 Å². The first-order valence-electron chi connectivity index (χ1n) is 8.94. The lowest BCUT2D eigenvalue weighted by atomic mass is 10.1. The fraction of sp³-hybridized carbons (Fsp3) is 0. The van der Waals surface area contributed by atoms with Crippen LogP contribution in [0.5, 0.6) is 5.88 Å². The Morgan fingerprint density at radius 1 is 0.893 bits per heavy atom. The standard InChI is InChI=1S/C23H16N4O/c28-23-19(17-6-1-2-7-20(17)25-23)13-15-8-10-18-21(26-27-22(18)14-15)11-9-16-5-3-4-12-24-16/h1-14,25,28H/b11-9+,15-13+. The molecule has 2 N–H and O–H groups in total. The number of aromatic hydroxyl groups is 1. The van der Waals surface area contributed by atoms with Gasteiger partial charge in [0.2, 0.25) is 0 Å². The molecule has 4 aromatic rings. The van der Waals surface area contributed by atoms with Gasteiger partial charge in [-0.3, -0.25) is 4.98 Å². The van der Waals surface area contributed by atoms with E-state index in [4.69, 9.17) is 0 Å². The minimum absolute atomic E-state index is 0.161. The van der Waals surface area contributed by atoms with E-state index in [9.17, 15) is 5.11 Å². The average molecular weight is 364 g/mol. The molecule has 3 heterocycles. The van der Waals surface area contributed by atoms with E-state index in [2.05, 4.69) is 20.2 Å². The van der Waals surface area contributed by atoms with E-state index in [0.717, 1.165) is 44.0 Å². The molecule has 0 radical (unpaired) electrons. The zero-order chi connectivity index (χ0) is 18.9. The molecule has 2 aromatic carbocycles. The lowest BCUT2D eigenvalue weighted by Gasteiger charge is -1.94. The topological polar surface area (TPSA) is 73.6 Å². The van der Waals surface area contributed by atoms with Crippen LogP contribution in [0.25, 0.3) is 28.8 Å². The maximum absolute atomic E-state index is 10.3. The lowest BCUT2D eigenvalue weighted by Crippen LogP contribution is -2.08. The number of para-hydroxylation sites is 1. The Bertz CT molecular complexity index is 1370. The highest BCUT2D eigenvalue weighted by Gasteiger charge is 2.09. The van der Waals surface area contributed by atoms with E-state index >= 15 is 0 Å². The van der Waals surface area contributed by atoms with Crippen molar-refractivity contribution in [3.63, 3.8) is 0 Å². The van der Waals surface area contributed by atoms with Gasteiger partial charge >= 0.3 is 0 Å². The molecule has 0 bridgehead atoms. The highest BCUT2D eigenvalue weighted by Crippen LogP contribution is 2.27. The summed E-state index contributed by atoms with van der Waals surface area (Å²) in [4.78, 5) is 7.28. The first-order chi connectivity index (χ1) is 13.8. The highest BCUT2D eigenvalue weighted by atomic mass is 16.3. The van der Waals surface area contributed by atoms with Gasteiger partial charge in [0, 0.05) is 27.9 Å². The summed E-state index contributed by atoms with van der Waals surface area (Å²) in [5.74, 6) is 0.161. The quantitative estimate of drug-likeness (QED) is 0.576. The fourth-order valence-electron chi connectivity index (χ4n) is 3.32. The molecule has 0 unspecified atom stereocenters. The molecule has 0 aliphatic carbocycles. The molecule has 0 amide bonds. The number of hydrogen-bond acceptors (Lipinski definition) is 4. The van der Waals surface area contributed by atoms with Crippen LogP contribution < -0.4 is 10.4 Å². The van der Waals surface area contributed by atoms with Gasteiger partial charge in [0.1, 0.15) is 0 Å². The third-order valence-corrected chi connectivity index (χ3v) is 4.70. The number of aromatic nitrogens is 2. The van der Waals surface area contributed by atoms with Crippen LogP contribution in [0.3, 0.4) is 0 Å². The average Bonchev–Trinajstić information content (AvgIpc) is 3.28. The first-order valence-corrected chi connectivity index (χ1v) is 8.94. The van der Waals surface area contributed by atoms with Crippen LogP contribution in [0.15, 0.2) is 83.2 Å². The number of rotatable bonds is 3. The number of pyridine rings is 1. The van der Waals surface area contributed by atoms with E-state index in [1.165, 1.54) is 0 Å². The second-order valence-electron chi connectivity index (χ2n) is 6.53. The maximum Gasteiger partial charge on any atom is 0.196 e. The number of H-pyrrole nitrogens is 1. The summed E-state index contributed by atoms with van der Waals surface area (Å²) in [6.45, 7) is 0. The van der Waals surface area contributed by atoms with Crippen LogP contribution in [0.1, 0.15) is 11.3 Å². The minimum atomic E-state index is 0.161. The van der Waals surface area contributed by atoms with E-state index < -0.39 is 0 Å². The summed E-state index contributed by atoms with van der Waals surface area (Å²) in [6, 6.07) is 19.6. The summed E-state index contributed by atoms with van der Waals surface area (Å²) in [7, 11) is 0. The second-order valence-corrected chi connectivity index (χ2v) is 6.53. The van der Waals surface area contributed by atoms with Gasteiger partial charge in [-0.1, -0.05) is 30.3 Å². The van der Waals surface area contributed by atoms with Crippen molar-refractivity contribution in [3.05, 3.63) is 94.6 Å². The van der Waals surface area contributed by atoms with Gasteiger partial charge in [-0.15, -0.1) is 10.2 Å². The predicted molar refractivity (Wildman–Crippen MR) is 110 cm³/mol. The number of hydrogen-bond donors (Lipinski definition) is 2. The van der Waals surface area contributed by atoms with Crippen LogP contribution in [0.4, 0.5) is 5.69 Å². The summed E-state index contributed by atoms with van der Waals surface area (Å²) in [6.07, 6.45) is 7.56. The molecule has 2 aromatic heterocycles. The van der Waals surface area contributed by atoms with Crippen LogP contribution >= 0.6 is 0 Å². The minimum Gasteiger partial charge on any atom is -0.494 e. The number of nitrogens with zero attached hydrogens (tertiary/aromatic N) is 3. The molecular weight excluding hydrogens is 348 g/mol. The SMILES string of the molecule is Oc1[nH]c2ccccc2c1/C=c1\ccc2c(c1)N=NC=2/C=C/c1ccccn1. The Morgan fingerprint density at radius 2 is 1.79 bits per heavy atom. The zero-order valence-electron chi connectivity index (χ0n) is 14.9. The Labute approximate surface area is 160 Å². The number of fused-ring (bicyclic) bond motifs is 2. The van der Waals surface area contributed by atoms with Gasteiger partial charge < -0.3 is 10.1 Å². The number of azo groups is 1. The molecule has 5 rings (SSSR count). The molecular formula is C23H16N4O. The molecule has 28 heavy (non-hydrogen) atoms. The molecule has 1 aliphatic rings. The van der Waals surface area contributed by atoms with E-state index in [-0.39, 0.29) is 5.88 Å². The summed E-state index contributed by atoms with van der Waals surface area (Å²) >= 11 is 0. The van der Waals surface area contributed by atoms with E-state index in [0.29, 0.717) is 0 Å². The van der Waals surface area contributed by atoms with Gasteiger partial charge in [-0.25, -0.2) is 0 Å². The number of aromatic amines is 1. The molecule has 0 spiro atoms. The van der Waals surface area contributed by atoms with Crippen molar-refractivity contribution in [2.75, 3.05) is 0 Å². The monoisotopic (exact) mass is 364 g/mol.